The molecule has 1 spiro atoms. The molecule has 0 saturated heterocycles. The van der Waals surface area contributed by atoms with Crippen LogP contribution in [-0.2, 0) is 5.66 Å². The molecule has 0 fully saturated rings. The maximum atomic E-state index is 6.91. The Balaban J connectivity index is 1.45. The van der Waals surface area contributed by atoms with Crippen molar-refractivity contribution in [3.63, 3.8) is 0 Å². The number of imidazole rings is 2. The third kappa shape index (κ3) is 1.75. The first-order chi connectivity index (χ1) is 21.4. The van der Waals surface area contributed by atoms with Crippen molar-refractivity contribution in [1.29, 1.82) is 0 Å². The van der Waals surface area contributed by atoms with Gasteiger partial charge in [0.2, 0.25) is 5.52 Å². The Morgan fingerprint density at radius 3 is 1.81 bits per heavy atom. The molecule has 0 N–H and O–H groups in total. The maximum Gasteiger partial charge on any atom is 0.343 e. The zero-order chi connectivity index (χ0) is 27.3. The van der Waals surface area contributed by atoms with E-state index in [2.05, 4.69) is 121 Å². The number of benzene rings is 5. The average Bonchev–Trinajstić information content (AvgIpc) is 3.84. The van der Waals surface area contributed by atoms with E-state index in [9.17, 15) is 0 Å². The minimum absolute atomic E-state index is 0.702. The van der Waals surface area contributed by atoms with E-state index >= 15 is 0 Å². The van der Waals surface area contributed by atoms with E-state index in [4.69, 9.17) is 9.15 Å². The van der Waals surface area contributed by atoms with Gasteiger partial charge in [0.05, 0.1) is 17.0 Å². The van der Waals surface area contributed by atoms with Gasteiger partial charge in [-0.1, -0.05) is 48.5 Å². The molecule has 0 radical (unpaired) electrons. The first-order valence-electron chi connectivity index (χ1n) is 14.7. The number of pyridine rings is 2. The number of nitrogens with zero attached hydrogens (tertiary/aromatic N) is 4. The molecule has 8 heterocycles. The Hall–Kier alpha value is -5.88. The van der Waals surface area contributed by atoms with Gasteiger partial charge in [-0.25, -0.2) is 0 Å². The van der Waals surface area contributed by atoms with Gasteiger partial charge in [0.15, 0.2) is 11.0 Å². The Labute approximate surface area is 241 Å². The van der Waals surface area contributed by atoms with Crippen LogP contribution in [0.2, 0.25) is 0 Å². The van der Waals surface area contributed by atoms with Crippen LogP contribution in [0.3, 0.4) is 0 Å². The Morgan fingerprint density at radius 2 is 1.09 bits per heavy atom. The van der Waals surface area contributed by atoms with Crippen LogP contribution in [0.15, 0.2) is 114 Å². The predicted molar refractivity (Wildman–Crippen MR) is 164 cm³/mol. The normalized spacial score (nSPS) is 17.6. The molecule has 5 aromatic heterocycles. The molecule has 0 saturated carbocycles. The number of hydrogen-bond acceptors (Lipinski definition) is 2. The molecule has 6 heteroatoms. The lowest BCUT2D eigenvalue weighted by atomic mass is 9.85. The summed E-state index contributed by atoms with van der Waals surface area (Å²) < 4.78 is 23.2. The summed E-state index contributed by atoms with van der Waals surface area (Å²) in [5, 5.41) is 7.38. The Morgan fingerprint density at radius 1 is 0.512 bits per heavy atom. The van der Waals surface area contributed by atoms with E-state index in [1.807, 2.05) is 6.26 Å². The van der Waals surface area contributed by atoms with Gasteiger partial charge in [0, 0.05) is 27.6 Å². The fourth-order valence-corrected chi connectivity index (χ4v) is 9.21. The molecule has 196 valence electrons. The minimum atomic E-state index is -0.702. The largest absolute Gasteiger partial charge is 0.456 e. The zero-order valence-electron chi connectivity index (χ0n) is 22.5. The number of rotatable bonds is 0. The minimum Gasteiger partial charge on any atom is -0.456 e. The van der Waals surface area contributed by atoms with Crippen LogP contribution in [0, 0.1) is 0 Å². The molecule has 0 bridgehead atoms. The fourth-order valence-electron chi connectivity index (χ4n) is 9.21. The van der Waals surface area contributed by atoms with Gasteiger partial charge in [-0.3, -0.25) is 0 Å². The van der Waals surface area contributed by atoms with Gasteiger partial charge >= 0.3 is 22.7 Å². The van der Waals surface area contributed by atoms with Crippen molar-refractivity contribution in [3.8, 4) is 11.5 Å². The van der Waals surface area contributed by atoms with Crippen molar-refractivity contribution >= 4 is 76.9 Å². The van der Waals surface area contributed by atoms with Gasteiger partial charge in [0.1, 0.15) is 33.7 Å². The molecule has 0 amide bonds. The fraction of sp³-hybridized carbons (Fsp3) is 0.0270. The molecule has 13 rings (SSSR count). The van der Waals surface area contributed by atoms with Crippen LogP contribution in [0.5, 0.6) is 11.5 Å². The Kier molecular flexibility index (Phi) is 2.80. The van der Waals surface area contributed by atoms with Crippen molar-refractivity contribution < 1.29 is 18.3 Å². The summed E-state index contributed by atoms with van der Waals surface area (Å²) in [6.45, 7) is 0. The molecule has 3 aliphatic rings. The molecule has 5 aromatic carbocycles. The summed E-state index contributed by atoms with van der Waals surface area (Å²) in [4.78, 5) is 0. The van der Waals surface area contributed by atoms with E-state index in [0.717, 1.165) is 33.9 Å². The summed E-state index contributed by atoms with van der Waals surface area (Å²) in [5.74, 6) is 1.82. The van der Waals surface area contributed by atoms with Crippen LogP contribution < -0.4 is 13.9 Å². The van der Waals surface area contributed by atoms with E-state index in [-0.39, 0.29) is 0 Å². The number of ether oxygens (including phenoxy) is 1. The lowest BCUT2D eigenvalue weighted by Gasteiger charge is -2.30. The second-order valence-electron chi connectivity index (χ2n) is 12.1. The highest BCUT2D eigenvalue weighted by Gasteiger charge is 2.67. The molecule has 10 aromatic rings. The molecule has 3 aliphatic heterocycles. The highest BCUT2D eigenvalue weighted by molar-refractivity contribution is 6.19. The molecular weight excluding hydrogens is 532 g/mol. The molecular formula is C37H18N4O2+2. The SMILES string of the molecule is c1ccc2c(c1)c1ccc3c4c1c1n2c2ccccc2[n+]1C41c2c(ccc4c5ccccc5n5c6occc6[n+]1c5c24)O3. The van der Waals surface area contributed by atoms with Crippen LogP contribution in [0.1, 0.15) is 11.1 Å². The first-order valence-corrected chi connectivity index (χ1v) is 14.7. The van der Waals surface area contributed by atoms with Crippen molar-refractivity contribution in [2.45, 2.75) is 5.66 Å². The Bertz CT molecular complexity index is 3050. The highest BCUT2D eigenvalue weighted by atomic mass is 16.5. The standard InChI is InChI=1S/C37H18N4O2/c1-3-9-23-19(7-1)21-13-15-28-32-30(21)34-38(23)25-11-5-6-12-26(25)40(34)37(32)33-29(43-28)16-14-22-20-8-2-4-10-24(20)39-35(31(22)33)41(37)27-17-18-42-36(27)39/h1-18H/q+2. The van der Waals surface area contributed by atoms with Gasteiger partial charge in [-0.2, -0.15) is 17.9 Å². The predicted octanol–water partition coefficient (Wildman–Crippen LogP) is 7.31. The van der Waals surface area contributed by atoms with Crippen LogP contribution in [0.4, 0.5) is 0 Å². The second-order valence-corrected chi connectivity index (χ2v) is 12.1. The lowest BCUT2D eigenvalue weighted by molar-refractivity contribution is -0.923. The van der Waals surface area contributed by atoms with Crippen molar-refractivity contribution in [1.82, 2.24) is 8.80 Å². The number of para-hydroxylation sites is 4. The zero-order valence-corrected chi connectivity index (χ0v) is 22.5. The average molecular weight is 551 g/mol. The number of furan rings is 1. The van der Waals surface area contributed by atoms with Crippen molar-refractivity contribution in [2.75, 3.05) is 0 Å². The van der Waals surface area contributed by atoms with Gasteiger partial charge in [-0.05, 0) is 48.5 Å². The summed E-state index contributed by atoms with van der Waals surface area (Å²) >= 11 is 0. The molecule has 6 nitrogen and oxygen atoms in total. The van der Waals surface area contributed by atoms with E-state index < -0.39 is 5.66 Å². The van der Waals surface area contributed by atoms with Crippen molar-refractivity contribution in [2.24, 2.45) is 0 Å². The topological polar surface area (TPSA) is 39.0 Å². The number of hydrogen-bond donors (Lipinski definition) is 0. The monoisotopic (exact) mass is 550 g/mol. The molecule has 1 unspecified atom stereocenters. The van der Waals surface area contributed by atoms with Crippen molar-refractivity contribution in [3.05, 3.63) is 121 Å². The third-order valence-corrected chi connectivity index (χ3v) is 10.5. The van der Waals surface area contributed by atoms with E-state index in [1.54, 1.807) is 0 Å². The number of fused-ring (bicyclic) bond motifs is 12. The smallest absolute Gasteiger partial charge is 0.343 e. The van der Waals surface area contributed by atoms with Crippen LogP contribution in [-0.4, -0.2) is 8.80 Å². The van der Waals surface area contributed by atoms with Crippen LogP contribution in [0.25, 0.3) is 76.9 Å². The third-order valence-electron chi connectivity index (χ3n) is 10.5. The highest BCUT2D eigenvalue weighted by Crippen LogP contribution is 2.58. The first kappa shape index (κ1) is 20.1. The van der Waals surface area contributed by atoms with Crippen LogP contribution >= 0.6 is 0 Å². The summed E-state index contributed by atoms with van der Waals surface area (Å²) in [6, 6.07) is 37.3. The summed E-state index contributed by atoms with van der Waals surface area (Å²) in [7, 11) is 0. The van der Waals surface area contributed by atoms with E-state index in [0.29, 0.717) is 0 Å². The molecule has 0 aliphatic carbocycles. The van der Waals surface area contributed by atoms with Gasteiger partial charge < -0.3 is 9.15 Å². The summed E-state index contributed by atoms with van der Waals surface area (Å²) in [6.07, 6.45) is 1.83. The second kappa shape index (κ2) is 6.01. The van der Waals surface area contributed by atoms with E-state index in [1.165, 1.54) is 65.6 Å². The lowest BCUT2D eigenvalue weighted by Crippen LogP contribution is -2.71. The molecule has 1 atom stereocenters. The quantitative estimate of drug-likeness (QED) is 0.147. The number of aromatic nitrogens is 4. The van der Waals surface area contributed by atoms with Gasteiger partial charge in [-0.15, -0.1) is 0 Å². The maximum absolute atomic E-state index is 6.91. The molecule has 43 heavy (non-hydrogen) atoms. The van der Waals surface area contributed by atoms with Gasteiger partial charge in [0.25, 0.3) is 0 Å². The summed E-state index contributed by atoms with van der Waals surface area (Å²) in [5.41, 5.74) is 10.7.